The Hall–Kier alpha value is -0.490. The van der Waals surface area contributed by atoms with Crippen molar-refractivity contribution in [2.24, 2.45) is 11.8 Å². The van der Waals surface area contributed by atoms with E-state index in [4.69, 9.17) is 0 Å². The molecule has 0 radical (unpaired) electrons. The lowest BCUT2D eigenvalue weighted by molar-refractivity contribution is -0.198. The highest BCUT2D eigenvalue weighted by Gasteiger charge is 2.48. The molecule has 4 unspecified atom stereocenters. The zero-order valence-electron chi connectivity index (χ0n) is 12.2. The SMILES string of the molecule is CC1CC(NC(=O)C2CCCCC2C(F)(F)F)CCN1.Cl. The van der Waals surface area contributed by atoms with Gasteiger partial charge in [-0.05, 0) is 39.2 Å². The summed E-state index contributed by atoms with van der Waals surface area (Å²) in [6.45, 7) is 2.83. The maximum Gasteiger partial charge on any atom is 0.392 e. The van der Waals surface area contributed by atoms with Gasteiger partial charge < -0.3 is 10.6 Å². The fourth-order valence-electron chi connectivity index (χ4n) is 3.41. The third kappa shape index (κ3) is 5.02. The lowest BCUT2D eigenvalue weighted by atomic mass is 9.78. The van der Waals surface area contributed by atoms with E-state index in [-0.39, 0.29) is 24.9 Å². The number of carbonyl (C=O) groups excluding carboxylic acids is 1. The van der Waals surface area contributed by atoms with Crippen LogP contribution >= 0.6 is 12.4 Å². The summed E-state index contributed by atoms with van der Waals surface area (Å²) in [7, 11) is 0. The van der Waals surface area contributed by atoms with Crippen LogP contribution in [0.1, 0.15) is 45.4 Å². The van der Waals surface area contributed by atoms with Crippen molar-refractivity contribution in [3.8, 4) is 0 Å². The number of hydrogen-bond acceptors (Lipinski definition) is 2. The number of carbonyl (C=O) groups is 1. The first-order valence-corrected chi connectivity index (χ1v) is 7.48. The van der Waals surface area contributed by atoms with E-state index in [1.54, 1.807) is 0 Å². The van der Waals surface area contributed by atoms with Crippen LogP contribution in [0.25, 0.3) is 0 Å². The van der Waals surface area contributed by atoms with Crippen LogP contribution in [0.2, 0.25) is 0 Å². The Bertz CT molecular complexity index is 352. The van der Waals surface area contributed by atoms with E-state index in [9.17, 15) is 18.0 Å². The van der Waals surface area contributed by atoms with Crippen LogP contribution in [0.4, 0.5) is 13.2 Å². The molecule has 1 aliphatic heterocycles. The van der Waals surface area contributed by atoms with E-state index in [1.807, 2.05) is 6.92 Å². The lowest BCUT2D eigenvalue weighted by Gasteiger charge is -2.34. The molecule has 0 spiro atoms. The molecule has 2 rings (SSSR count). The zero-order chi connectivity index (χ0) is 14.8. The van der Waals surface area contributed by atoms with Crippen molar-refractivity contribution in [1.82, 2.24) is 10.6 Å². The van der Waals surface area contributed by atoms with Gasteiger partial charge in [0.25, 0.3) is 0 Å². The van der Waals surface area contributed by atoms with E-state index in [0.29, 0.717) is 25.3 Å². The first-order chi connectivity index (χ1) is 9.38. The van der Waals surface area contributed by atoms with Crippen molar-refractivity contribution in [1.29, 1.82) is 0 Å². The number of halogens is 4. The molecule has 0 bridgehead atoms. The minimum Gasteiger partial charge on any atom is -0.353 e. The van der Waals surface area contributed by atoms with E-state index in [1.165, 1.54) is 0 Å². The Morgan fingerprint density at radius 3 is 2.48 bits per heavy atom. The summed E-state index contributed by atoms with van der Waals surface area (Å²) in [5, 5.41) is 6.11. The highest BCUT2D eigenvalue weighted by Crippen LogP contribution is 2.41. The molecule has 21 heavy (non-hydrogen) atoms. The molecule has 0 aromatic rings. The fourth-order valence-corrected chi connectivity index (χ4v) is 3.41. The number of rotatable bonds is 2. The third-order valence-corrected chi connectivity index (χ3v) is 4.49. The van der Waals surface area contributed by atoms with Gasteiger partial charge >= 0.3 is 6.18 Å². The number of piperidine rings is 1. The summed E-state index contributed by atoms with van der Waals surface area (Å²) < 4.78 is 39.0. The van der Waals surface area contributed by atoms with Crippen LogP contribution in [0.5, 0.6) is 0 Å². The van der Waals surface area contributed by atoms with Crippen molar-refractivity contribution < 1.29 is 18.0 Å². The van der Waals surface area contributed by atoms with Crippen LogP contribution in [0.3, 0.4) is 0 Å². The zero-order valence-corrected chi connectivity index (χ0v) is 13.0. The summed E-state index contributed by atoms with van der Waals surface area (Å²) in [5.41, 5.74) is 0. The third-order valence-electron chi connectivity index (χ3n) is 4.49. The summed E-state index contributed by atoms with van der Waals surface area (Å²) in [4.78, 5) is 12.2. The van der Waals surface area contributed by atoms with Gasteiger partial charge in [-0.15, -0.1) is 12.4 Å². The topological polar surface area (TPSA) is 41.1 Å². The summed E-state index contributed by atoms with van der Waals surface area (Å²) >= 11 is 0. The van der Waals surface area contributed by atoms with Crippen molar-refractivity contribution >= 4 is 18.3 Å². The molecule has 1 saturated carbocycles. The number of amides is 1. The van der Waals surface area contributed by atoms with E-state index < -0.39 is 23.9 Å². The predicted molar refractivity (Wildman–Crippen MR) is 77.4 cm³/mol. The van der Waals surface area contributed by atoms with Gasteiger partial charge in [0.2, 0.25) is 5.91 Å². The van der Waals surface area contributed by atoms with Crippen LogP contribution in [0.15, 0.2) is 0 Å². The molecule has 2 N–H and O–H groups in total. The summed E-state index contributed by atoms with van der Waals surface area (Å²) in [6.07, 6.45) is -0.954. The summed E-state index contributed by atoms with van der Waals surface area (Å²) in [6, 6.07) is 0.313. The van der Waals surface area contributed by atoms with Gasteiger partial charge in [-0.3, -0.25) is 4.79 Å². The summed E-state index contributed by atoms with van der Waals surface area (Å²) in [5.74, 6) is -2.75. The monoisotopic (exact) mass is 328 g/mol. The standard InChI is InChI=1S/C14H23F3N2O.ClH/c1-9-8-10(6-7-18-9)19-13(20)11-4-2-3-5-12(11)14(15,16)17;/h9-12,18H,2-8H2,1H3,(H,19,20);1H. The maximum atomic E-state index is 13.0. The molecule has 2 fully saturated rings. The highest BCUT2D eigenvalue weighted by atomic mass is 35.5. The number of alkyl halides is 3. The Morgan fingerprint density at radius 2 is 1.86 bits per heavy atom. The Labute approximate surface area is 129 Å². The molecule has 1 saturated heterocycles. The first-order valence-electron chi connectivity index (χ1n) is 7.48. The van der Waals surface area contributed by atoms with E-state index >= 15 is 0 Å². The second-order valence-corrected chi connectivity index (χ2v) is 6.12. The molecular weight excluding hydrogens is 305 g/mol. The van der Waals surface area contributed by atoms with Gasteiger partial charge in [-0.2, -0.15) is 13.2 Å². The molecule has 1 heterocycles. The number of hydrogen-bond donors (Lipinski definition) is 2. The Kier molecular flexibility index (Phi) is 6.78. The van der Waals surface area contributed by atoms with Gasteiger partial charge in [0.1, 0.15) is 0 Å². The Balaban J connectivity index is 0.00000220. The van der Waals surface area contributed by atoms with Crippen LogP contribution in [-0.2, 0) is 4.79 Å². The van der Waals surface area contributed by atoms with E-state index in [2.05, 4.69) is 10.6 Å². The fraction of sp³-hybridized carbons (Fsp3) is 0.929. The molecule has 3 nitrogen and oxygen atoms in total. The Morgan fingerprint density at radius 1 is 1.19 bits per heavy atom. The minimum absolute atomic E-state index is 0. The van der Waals surface area contributed by atoms with Gasteiger partial charge in [0.15, 0.2) is 0 Å². The molecule has 2 aliphatic rings. The number of nitrogens with one attached hydrogen (secondary N) is 2. The first kappa shape index (κ1) is 18.6. The molecule has 124 valence electrons. The molecule has 1 amide bonds. The molecule has 7 heteroatoms. The average Bonchev–Trinajstić information content (AvgIpc) is 2.37. The lowest BCUT2D eigenvalue weighted by Crippen LogP contribution is -2.50. The predicted octanol–water partition coefficient (Wildman–Crippen LogP) is 3.03. The molecule has 4 atom stereocenters. The normalized spacial score (nSPS) is 33.9. The average molecular weight is 329 g/mol. The van der Waals surface area contributed by atoms with Crippen molar-refractivity contribution in [2.75, 3.05) is 6.54 Å². The van der Waals surface area contributed by atoms with Gasteiger partial charge in [0, 0.05) is 18.0 Å². The van der Waals surface area contributed by atoms with E-state index in [0.717, 1.165) is 19.4 Å². The molecular formula is C14H24ClF3N2O. The highest BCUT2D eigenvalue weighted by molar-refractivity contribution is 5.85. The van der Waals surface area contributed by atoms with Crippen molar-refractivity contribution in [3.05, 3.63) is 0 Å². The molecule has 0 aromatic carbocycles. The minimum atomic E-state index is -4.26. The van der Waals surface area contributed by atoms with Gasteiger partial charge in [0.05, 0.1) is 5.92 Å². The van der Waals surface area contributed by atoms with Gasteiger partial charge in [-0.1, -0.05) is 12.8 Å². The second-order valence-electron chi connectivity index (χ2n) is 6.12. The quantitative estimate of drug-likeness (QED) is 0.818. The maximum absolute atomic E-state index is 13.0. The largest absolute Gasteiger partial charge is 0.392 e. The van der Waals surface area contributed by atoms with Crippen molar-refractivity contribution in [3.63, 3.8) is 0 Å². The van der Waals surface area contributed by atoms with Crippen molar-refractivity contribution in [2.45, 2.75) is 63.7 Å². The van der Waals surface area contributed by atoms with Crippen LogP contribution < -0.4 is 10.6 Å². The second kappa shape index (κ2) is 7.68. The van der Waals surface area contributed by atoms with Gasteiger partial charge in [-0.25, -0.2) is 0 Å². The van der Waals surface area contributed by atoms with Crippen LogP contribution in [0, 0.1) is 11.8 Å². The smallest absolute Gasteiger partial charge is 0.353 e. The van der Waals surface area contributed by atoms with Crippen LogP contribution in [-0.4, -0.2) is 30.7 Å². The molecule has 1 aliphatic carbocycles. The molecule has 0 aromatic heterocycles.